The Morgan fingerprint density at radius 2 is 1.89 bits per heavy atom. The van der Waals surface area contributed by atoms with E-state index in [-0.39, 0.29) is 11.5 Å². The summed E-state index contributed by atoms with van der Waals surface area (Å²) in [4.78, 5) is 22.4. The Kier molecular flexibility index (Phi) is 3.87. The van der Waals surface area contributed by atoms with Crippen LogP contribution in [0.15, 0.2) is 36.7 Å². The van der Waals surface area contributed by atoms with Crippen LogP contribution in [0.2, 0.25) is 0 Å². The molecule has 0 saturated carbocycles. The summed E-state index contributed by atoms with van der Waals surface area (Å²) in [6.45, 7) is 0.946. The van der Waals surface area contributed by atoms with Crippen LogP contribution in [0.3, 0.4) is 0 Å². The monoisotopic (exact) mass is 260 g/mol. The Morgan fingerprint density at radius 3 is 2.47 bits per heavy atom. The summed E-state index contributed by atoms with van der Waals surface area (Å²) in [5, 5.41) is 18.9. The molecule has 0 aliphatic heterocycles. The largest absolute Gasteiger partial charge is 0.478 e. The molecule has 0 radical (unpaired) electrons. The van der Waals surface area contributed by atoms with E-state index in [9.17, 15) is 9.59 Å². The van der Waals surface area contributed by atoms with Crippen LogP contribution in [-0.4, -0.2) is 38.5 Å². The lowest BCUT2D eigenvalue weighted by molar-refractivity contribution is 0.0696. The zero-order chi connectivity index (χ0) is 13.7. The highest BCUT2D eigenvalue weighted by atomic mass is 16.4. The zero-order valence-corrected chi connectivity index (χ0v) is 9.98. The van der Waals surface area contributed by atoms with Gasteiger partial charge in [-0.05, 0) is 24.3 Å². The maximum Gasteiger partial charge on any atom is 0.335 e. The van der Waals surface area contributed by atoms with E-state index in [1.165, 1.54) is 24.3 Å². The van der Waals surface area contributed by atoms with Gasteiger partial charge in [-0.25, -0.2) is 4.79 Å². The number of carbonyl (C=O) groups excluding carboxylic acids is 1. The first-order chi connectivity index (χ1) is 9.16. The Labute approximate surface area is 108 Å². The molecule has 0 saturated heterocycles. The highest BCUT2D eigenvalue weighted by molar-refractivity contribution is 5.95. The van der Waals surface area contributed by atoms with E-state index in [0.717, 1.165) is 0 Å². The fourth-order valence-electron chi connectivity index (χ4n) is 1.50. The molecule has 2 rings (SSSR count). The van der Waals surface area contributed by atoms with Crippen LogP contribution in [0.5, 0.6) is 0 Å². The molecule has 0 bridgehead atoms. The van der Waals surface area contributed by atoms with Gasteiger partial charge in [0.1, 0.15) is 0 Å². The van der Waals surface area contributed by atoms with Crippen molar-refractivity contribution >= 4 is 11.9 Å². The van der Waals surface area contributed by atoms with Gasteiger partial charge in [-0.2, -0.15) is 0 Å². The van der Waals surface area contributed by atoms with Crippen LogP contribution in [0.25, 0.3) is 0 Å². The third kappa shape index (κ3) is 3.38. The van der Waals surface area contributed by atoms with E-state index < -0.39 is 5.97 Å². The quantitative estimate of drug-likeness (QED) is 0.811. The predicted molar refractivity (Wildman–Crippen MR) is 65.8 cm³/mol. The van der Waals surface area contributed by atoms with Crippen molar-refractivity contribution in [3.8, 4) is 0 Å². The molecule has 0 spiro atoms. The number of carboxylic acid groups (broad SMARTS) is 1. The molecule has 98 valence electrons. The molecule has 0 fully saturated rings. The van der Waals surface area contributed by atoms with Crippen LogP contribution < -0.4 is 5.32 Å². The fourth-order valence-corrected chi connectivity index (χ4v) is 1.50. The van der Waals surface area contributed by atoms with Gasteiger partial charge in [0.15, 0.2) is 0 Å². The summed E-state index contributed by atoms with van der Waals surface area (Å²) in [5.41, 5.74) is 0.572. The van der Waals surface area contributed by atoms with Crippen molar-refractivity contribution in [2.24, 2.45) is 0 Å². The molecule has 2 aromatic rings. The number of benzene rings is 1. The molecule has 7 nitrogen and oxygen atoms in total. The van der Waals surface area contributed by atoms with Crippen molar-refractivity contribution in [1.29, 1.82) is 0 Å². The minimum atomic E-state index is -1.02. The SMILES string of the molecule is O=C(O)c1ccc(C(=O)NCCn2ccnn2)cc1. The average Bonchev–Trinajstić information content (AvgIpc) is 2.92. The molecule has 0 atom stereocenters. The first-order valence-corrected chi connectivity index (χ1v) is 5.62. The van der Waals surface area contributed by atoms with E-state index in [1.807, 2.05) is 0 Å². The molecule has 19 heavy (non-hydrogen) atoms. The number of carboxylic acids is 1. The number of nitrogens with zero attached hydrogens (tertiary/aromatic N) is 3. The third-order valence-electron chi connectivity index (χ3n) is 2.49. The van der Waals surface area contributed by atoms with Gasteiger partial charge in [0.05, 0.1) is 18.3 Å². The van der Waals surface area contributed by atoms with E-state index in [4.69, 9.17) is 5.11 Å². The standard InChI is InChI=1S/C12H12N4O3/c17-11(13-5-7-16-8-6-14-15-16)9-1-3-10(4-2-9)12(18)19/h1-4,6,8H,5,7H2,(H,13,17)(H,18,19). The maximum absolute atomic E-state index is 11.8. The van der Waals surface area contributed by atoms with Crippen LogP contribution >= 0.6 is 0 Å². The van der Waals surface area contributed by atoms with Gasteiger partial charge in [-0.15, -0.1) is 5.10 Å². The molecule has 2 N–H and O–H groups in total. The topological polar surface area (TPSA) is 97.1 Å². The molecule has 0 aliphatic rings. The fraction of sp³-hybridized carbons (Fsp3) is 0.167. The Hall–Kier alpha value is -2.70. The summed E-state index contributed by atoms with van der Waals surface area (Å²) in [5.74, 6) is -1.27. The van der Waals surface area contributed by atoms with Crippen LogP contribution in [-0.2, 0) is 6.54 Å². The average molecular weight is 260 g/mol. The van der Waals surface area contributed by atoms with Gasteiger partial charge in [0.25, 0.3) is 5.91 Å². The van der Waals surface area contributed by atoms with Crippen LogP contribution in [0, 0.1) is 0 Å². The van der Waals surface area contributed by atoms with E-state index in [1.54, 1.807) is 17.1 Å². The van der Waals surface area contributed by atoms with Crippen molar-refractivity contribution < 1.29 is 14.7 Å². The van der Waals surface area contributed by atoms with Crippen molar-refractivity contribution in [3.63, 3.8) is 0 Å². The summed E-state index contributed by atoms with van der Waals surface area (Å²) in [6, 6.07) is 5.76. The number of rotatable bonds is 5. The molecule has 7 heteroatoms. The zero-order valence-electron chi connectivity index (χ0n) is 9.98. The van der Waals surface area contributed by atoms with Crippen LogP contribution in [0.4, 0.5) is 0 Å². The number of amides is 1. The molecule has 0 unspecified atom stereocenters. The second-order valence-electron chi connectivity index (χ2n) is 3.80. The second kappa shape index (κ2) is 5.76. The predicted octanol–water partition coefficient (Wildman–Crippen LogP) is 0.406. The van der Waals surface area contributed by atoms with E-state index >= 15 is 0 Å². The number of hydrogen-bond acceptors (Lipinski definition) is 4. The molecule has 1 aromatic heterocycles. The summed E-state index contributed by atoms with van der Waals surface area (Å²) in [7, 11) is 0. The van der Waals surface area contributed by atoms with Crippen molar-refractivity contribution in [1.82, 2.24) is 20.3 Å². The number of carbonyl (C=O) groups is 2. The molecule has 1 aromatic carbocycles. The van der Waals surface area contributed by atoms with E-state index in [2.05, 4.69) is 15.6 Å². The van der Waals surface area contributed by atoms with Gasteiger partial charge in [-0.3, -0.25) is 9.48 Å². The highest BCUT2D eigenvalue weighted by Gasteiger charge is 2.07. The second-order valence-corrected chi connectivity index (χ2v) is 3.80. The normalized spacial score (nSPS) is 10.1. The lowest BCUT2D eigenvalue weighted by atomic mass is 10.1. The van der Waals surface area contributed by atoms with Gasteiger partial charge in [0.2, 0.25) is 0 Å². The number of aromatic nitrogens is 3. The molecular formula is C12H12N4O3. The maximum atomic E-state index is 11.8. The molecular weight excluding hydrogens is 248 g/mol. The Balaban J connectivity index is 1.87. The van der Waals surface area contributed by atoms with Crippen molar-refractivity contribution in [2.45, 2.75) is 6.54 Å². The first-order valence-electron chi connectivity index (χ1n) is 5.62. The van der Waals surface area contributed by atoms with Gasteiger partial charge < -0.3 is 10.4 Å². The summed E-state index contributed by atoms with van der Waals surface area (Å²) in [6.07, 6.45) is 3.26. The number of aromatic carboxylic acids is 1. The summed E-state index contributed by atoms with van der Waals surface area (Å²) < 4.78 is 1.60. The number of nitrogens with one attached hydrogen (secondary N) is 1. The lowest BCUT2D eigenvalue weighted by Crippen LogP contribution is -2.27. The van der Waals surface area contributed by atoms with E-state index in [0.29, 0.717) is 18.7 Å². The first kappa shape index (κ1) is 12.7. The van der Waals surface area contributed by atoms with Gasteiger partial charge in [-0.1, -0.05) is 5.21 Å². The van der Waals surface area contributed by atoms with Gasteiger partial charge in [0, 0.05) is 18.3 Å². The van der Waals surface area contributed by atoms with Crippen molar-refractivity contribution in [3.05, 3.63) is 47.8 Å². The Morgan fingerprint density at radius 1 is 1.21 bits per heavy atom. The minimum absolute atomic E-state index is 0.152. The van der Waals surface area contributed by atoms with Crippen molar-refractivity contribution in [2.75, 3.05) is 6.54 Å². The molecule has 1 heterocycles. The summed E-state index contributed by atoms with van der Waals surface area (Å²) >= 11 is 0. The third-order valence-corrected chi connectivity index (χ3v) is 2.49. The minimum Gasteiger partial charge on any atom is -0.478 e. The Bertz CT molecular complexity index is 563. The number of hydrogen-bond donors (Lipinski definition) is 2. The molecule has 0 aliphatic carbocycles. The smallest absolute Gasteiger partial charge is 0.335 e. The molecule has 1 amide bonds. The van der Waals surface area contributed by atoms with Gasteiger partial charge >= 0.3 is 5.97 Å². The highest BCUT2D eigenvalue weighted by Crippen LogP contribution is 2.04. The lowest BCUT2D eigenvalue weighted by Gasteiger charge is -2.05. The van der Waals surface area contributed by atoms with Crippen LogP contribution in [0.1, 0.15) is 20.7 Å².